The Hall–Kier alpha value is -3.30. The second-order valence-corrected chi connectivity index (χ2v) is 2.83. The summed E-state index contributed by atoms with van der Waals surface area (Å²) in [6.45, 7) is 3.44. The van der Waals surface area contributed by atoms with Crippen molar-refractivity contribution in [2.75, 3.05) is 0 Å². The highest BCUT2D eigenvalue weighted by Gasteiger charge is 2.11. The van der Waals surface area contributed by atoms with Crippen LogP contribution in [0.5, 0.6) is 0 Å². The van der Waals surface area contributed by atoms with Crippen molar-refractivity contribution in [2.24, 2.45) is 11.5 Å². The van der Waals surface area contributed by atoms with Crippen LogP contribution < -0.4 is 11.5 Å². The lowest BCUT2D eigenvalue weighted by Crippen LogP contribution is -2.31. The van der Waals surface area contributed by atoms with E-state index in [4.69, 9.17) is 17.7 Å². The first-order valence-corrected chi connectivity index (χ1v) is 5.46. The van der Waals surface area contributed by atoms with E-state index in [1.165, 1.54) is 0 Å². The molecular weight excluding hydrogens is 280 g/mol. The summed E-state index contributed by atoms with van der Waals surface area (Å²) in [5.74, 6) is 21.7. The van der Waals surface area contributed by atoms with E-state index in [1.54, 1.807) is 13.8 Å². The Labute approximate surface area is 137 Å². The molecule has 0 bridgehead atoms. The van der Waals surface area contributed by atoms with Gasteiger partial charge in [-0.25, -0.2) is 0 Å². The number of carboxylic acids is 1. The first kappa shape index (κ1) is 12.4. The average molecular weight is 301 g/mol. The first-order valence-electron chi connectivity index (χ1n) is 7.96. The smallest absolute Gasteiger partial charge is 0.320 e. The fourth-order valence-corrected chi connectivity index (χ4v) is 0.495. The molecule has 5 heteroatoms. The van der Waals surface area contributed by atoms with Crippen LogP contribution in [0.15, 0.2) is 0 Å². The summed E-state index contributed by atoms with van der Waals surface area (Å²) in [4.78, 5) is 21.1. The SMILES string of the molecule is CC#CC#CC#CC#CC#CC.[2H]C([2H])(C(N)=O)C([2H])([2H])C([2H])(N)C(=O)O. The van der Waals surface area contributed by atoms with Gasteiger partial charge in [0.15, 0.2) is 0 Å². The summed E-state index contributed by atoms with van der Waals surface area (Å²) in [6, 6.07) is -3.31. The van der Waals surface area contributed by atoms with Crippen molar-refractivity contribution in [3.63, 3.8) is 0 Å². The van der Waals surface area contributed by atoms with Gasteiger partial charge in [0.2, 0.25) is 5.91 Å². The van der Waals surface area contributed by atoms with Crippen LogP contribution >= 0.6 is 0 Å². The molecule has 5 N–H and O–H groups in total. The van der Waals surface area contributed by atoms with Gasteiger partial charge in [0.05, 0.1) is 1.37 Å². The molecule has 1 amide bonds. The molecule has 0 fully saturated rings. The zero-order valence-corrected chi connectivity index (χ0v) is 11.9. The summed E-state index contributed by atoms with van der Waals surface area (Å²) in [5.41, 5.74) is 9.37. The van der Waals surface area contributed by atoms with Crippen LogP contribution in [0, 0.1) is 59.2 Å². The molecule has 0 aromatic carbocycles. The van der Waals surface area contributed by atoms with Gasteiger partial charge in [0, 0.05) is 11.9 Å². The third-order valence-corrected chi connectivity index (χ3v) is 1.24. The number of carboxylic acid groups (broad SMARTS) is 1. The highest BCUT2D eigenvalue weighted by atomic mass is 16.4. The van der Waals surface area contributed by atoms with E-state index >= 15 is 0 Å². The van der Waals surface area contributed by atoms with Crippen molar-refractivity contribution in [3.8, 4) is 59.2 Å². The fraction of sp³-hybridized carbons (Fsp3) is 0.294. The lowest BCUT2D eigenvalue weighted by molar-refractivity contribution is -0.138. The molecule has 5 nitrogen and oxygen atoms in total. The monoisotopic (exact) mass is 301 g/mol. The van der Waals surface area contributed by atoms with Gasteiger partial charge in [-0.05, 0) is 67.6 Å². The fourth-order valence-electron chi connectivity index (χ4n) is 0.495. The normalized spacial score (nSPS) is 13.9. The maximum Gasteiger partial charge on any atom is 0.320 e. The van der Waals surface area contributed by atoms with E-state index in [0.29, 0.717) is 0 Å². The van der Waals surface area contributed by atoms with Gasteiger partial charge >= 0.3 is 5.97 Å². The molecule has 0 radical (unpaired) electrons. The van der Waals surface area contributed by atoms with Crippen LogP contribution in [-0.4, -0.2) is 23.0 Å². The second kappa shape index (κ2) is 15.8. The van der Waals surface area contributed by atoms with Crippen LogP contribution in [-0.2, 0) is 9.59 Å². The summed E-state index contributed by atoms with van der Waals surface area (Å²) in [5, 5.41) is 8.45. The zero-order valence-electron chi connectivity index (χ0n) is 16.9. The summed E-state index contributed by atoms with van der Waals surface area (Å²) < 4.78 is 35.1. The van der Waals surface area contributed by atoms with Crippen molar-refractivity contribution in [2.45, 2.75) is 32.6 Å². The predicted molar refractivity (Wildman–Crippen MR) is 84.3 cm³/mol. The van der Waals surface area contributed by atoms with Gasteiger partial charge < -0.3 is 16.6 Å². The van der Waals surface area contributed by atoms with E-state index in [0.717, 1.165) is 0 Å². The molecule has 0 heterocycles. The maximum absolute atomic E-state index is 10.6. The van der Waals surface area contributed by atoms with E-state index in [2.05, 4.69) is 64.9 Å². The van der Waals surface area contributed by atoms with Gasteiger partial charge in [-0.3, -0.25) is 9.59 Å². The lowest BCUT2D eigenvalue weighted by Gasteiger charge is -2.01. The average Bonchev–Trinajstić information content (AvgIpc) is 2.57. The number of hydrogen-bond donors (Lipinski definition) is 3. The van der Waals surface area contributed by atoms with Crippen molar-refractivity contribution in [3.05, 3.63) is 0 Å². The van der Waals surface area contributed by atoms with E-state index in [1.807, 2.05) is 0 Å². The molecular formula is C17H16N2O3. The number of rotatable bonds is 4. The van der Waals surface area contributed by atoms with Crippen molar-refractivity contribution in [1.29, 1.82) is 0 Å². The Balaban J connectivity index is 0. The number of carbonyl (C=O) groups is 2. The summed E-state index contributed by atoms with van der Waals surface area (Å²) in [6.07, 6.45) is -6.82. The van der Waals surface area contributed by atoms with Crippen LogP contribution in [0.4, 0.5) is 0 Å². The Morgan fingerprint density at radius 2 is 1.41 bits per heavy atom. The van der Waals surface area contributed by atoms with Gasteiger partial charge in [-0.15, -0.1) is 0 Å². The molecule has 0 saturated carbocycles. The second-order valence-electron chi connectivity index (χ2n) is 2.83. The summed E-state index contributed by atoms with van der Waals surface area (Å²) >= 11 is 0. The third-order valence-electron chi connectivity index (χ3n) is 1.24. The molecule has 1 unspecified atom stereocenters. The highest BCUT2D eigenvalue weighted by Crippen LogP contribution is 1.92. The molecule has 0 aromatic rings. The Morgan fingerprint density at radius 3 is 1.68 bits per heavy atom. The minimum Gasteiger partial charge on any atom is -0.480 e. The topological polar surface area (TPSA) is 106 Å². The van der Waals surface area contributed by atoms with Gasteiger partial charge in [0.1, 0.15) is 6.02 Å². The van der Waals surface area contributed by atoms with Crippen molar-refractivity contribution >= 4 is 11.9 Å². The van der Waals surface area contributed by atoms with E-state index < -0.39 is 30.6 Å². The molecule has 22 heavy (non-hydrogen) atoms. The van der Waals surface area contributed by atoms with Gasteiger partial charge in [-0.2, -0.15) is 0 Å². The molecule has 0 aliphatic heterocycles. The summed E-state index contributed by atoms with van der Waals surface area (Å²) in [7, 11) is 0. The molecule has 112 valence electrons. The number of aliphatic carboxylic acids is 1. The minimum atomic E-state index is -3.46. The molecule has 0 rings (SSSR count). The quantitative estimate of drug-likeness (QED) is 0.620. The third kappa shape index (κ3) is 19.0. The Bertz CT molecular complexity index is 814. The van der Waals surface area contributed by atoms with Crippen LogP contribution in [0.1, 0.15) is 33.4 Å². The largest absolute Gasteiger partial charge is 0.480 e. The van der Waals surface area contributed by atoms with Crippen molar-refractivity contribution in [1.82, 2.24) is 0 Å². The minimum absolute atomic E-state index is 1.72. The molecule has 0 saturated heterocycles. The van der Waals surface area contributed by atoms with E-state index in [9.17, 15) is 9.59 Å². The molecule has 1 atom stereocenters. The Morgan fingerprint density at radius 1 is 1.05 bits per heavy atom. The lowest BCUT2D eigenvalue weighted by atomic mass is 10.2. The molecule has 0 aliphatic rings. The van der Waals surface area contributed by atoms with Crippen LogP contribution in [0.3, 0.4) is 0 Å². The number of hydrogen-bond acceptors (Lipinski definition) is 3. The Kier molecular flexibility index (Phi) is 8.91. The van der Waals surface area contributed by atoms with Gasteiger partial charge in [0.25, 0.3) is 0 Å². The number of primary amides is 1. The molecule has 0 aromatic heterocycles. The highest BCUT2D eigenvalue weighted by molar-refractivity contribution is 5.76. The first-order chi connectivity index (χ1) is 12.3. The van der Waals surface area contributed by atoms with Gasteiger partial charge in [-0.1, -0.05) is 11.8 Å². The molecule has 0 spiro atoms. The number of amides is 1. The number of nitrogens with two attached hydrogens (primary N) is 2. The van der Waals surface area contributed by atoms with Crippen molar-refractivity contribution < 1.29 is 21.5 Å². The zero-order chi connectivity index (χ0) is 21.7. The molecule has 0 aliphatic carbocycles. The maximum atomic E-state index is 10.6. The van der Waals surface area contributed by atoms with Crippen LogP contribution in [0.25, 0.3) is 0 Å². The standard InChI is InChI=1S/C12H6.C5H10N2O3/c1-3-5-7-9-11-12-10-8-6-4-2;6-3(5(9)10)1-2-4(7)8/h1-2H3;3H,1-2,6H2,(H2,7,8)(H,9,10)/i;1D2,2D2,3D. The number of carbonyl (C=O) groups excluding carboxylic acids is 1. The van der Waals surface area contributed by atoms with E-state index in [-0.39, 0.29) is 0 Å². The predicted octanol–water partition coefficient (Wildman–Crippen LogP) is -0.293. The van der Waals surface area contributed by atoms with Crippen LogP contribution in [0.2, 0.25) is 0 Å².